The molecule has 0 fully saturated rings. The van der Waals surface area contributed by atoms with E-state index in [2.05, 4.69) is 0 Å². The molecule has 0 amide bonds. The number of hydrogen-bond donors (Lipinski definition) is 1. The van der Waals surface area contributed by atoms with Crippen molar-refractivity contribution < 1.29 is 37.3 Å². The highest BCUT2D eigenvalue weighted by atomic mass is 19.4. The summed E-state index contributed by atoms with van der Waals surface area (Å²) >= 11 is 0. The molecule has 2 heterocycles. The van der Waals surface area contributed by atoms with Gasteiger partial charge in [-0.1, -0.05) is 36.4 Å². The number of pyridine rings is 1. The van der Waals surface area contributed by atoms with Crippen LogP contribution in [0.1, 0.15) is 36.6 Å². The van der Waals surface area contributed by atoms with E-state index in [-0.39, 0.29) is 33.4 Å². The molecule has 44 heavy (non-hydrogen) atoms. The van der Waals surface area contributed by atoms with Crippen LogP contribution in [0.15, 0.2) is 77.6 Å². The monoisotopic (exact) mass is 603 g/mol. The number of carbonyl (C=O) groups excluding carboxylic acids is 1. The normalized spacial score (nSPS) is 18.0. The minimum absolute atomic E-state index is 0.148. The Kier molecular flexibility index (Phi) is 6.92. The predicted octanol–water partition coefficient (Wildman–Crippen LogP) is 6.70. The zero-order valence-corrected chi connectivity index (χ0v) is 24.2. The molecular weight excluding hydrogens is 575 g/mol. The molecule has 2 atom stereocenters. The van der Waals surface area contributed by atoms with Gasteiger partial charge in [0.25, 0.3) is 0 Å². The number of halogens is 3. The highest BCUT2D eigenvalue weighted by Gasteiger charge is 2.47. The summed E-state index contributed by atoms with van der Waals surface area (Å²) in [5.41, 5.74) is -1.02. The third-order valence-electron chi connectivity index (χ3n) is 8.03. The van der Waals surface area contributed by atoms with E-state index in [9.17, 15) is 27.9 Å². The number of alkyl halides is 3. The molecular formula is C34H28F3NO6. The van der Waals surface area contributed by atoms with Gasteiger partial charge < -0.3 is 23.9 Å². The van der Waals surface area contributed by atoms with Gasteiger partial charge >= 0.3 is 12.1 Å². The van der Waals surface area contributed by atoms with Crippen LogP contribution in [0.4, 0.5) is 13.2 Å². The van der Waals surface area contributed by atoms with Gasteiger partial charge in [-0.2, -0.15) is 13.2 Å². The highest BCUT2D eigenvalue weighted by Crippen LogP contribution is 2.47. The first-order valence-corrected chi connectivity index (χ1v) is 13.8. The van der Waals surface area contributed by atoms with Gasteiger partial charge in [0.15, 0.2) is 6.10 Å². The molecule has 0 spiro atoms. The fourth-order valence-electron chi connectivity index (χ4n) is 5.91. The number of aryl methyl sites for hydroxylation is 1. The van der Waals surface area contributed by atoms with Crippen LogP contribution < -0.4 is 14.9 Å². The van der Waals surface area contributed by atoms with Crippen LogP contribution in [0, 0.1) is 0 Å². The number of aliphatic hydroxyl groups is 1. The van der Waals surface area contributed by atoms with E-state index in [4.69, 9.17) is 14.2 Å². The molecule has 7 nitrogen and oxygen atoms in total. The van der Waals surface area contributed by atoms with Crippen LogP contribution in [0.25, 0.3) is 38.7 Å². The molecule has 0 saturated carbocycles. The van der Waals surface area contributed by atoms with Crippen LogP contribution >= 0.6 is 0 Å². The van der Waals surface area contributed by atoms with Gasteiger partial charge in [-0.3, -0.25) is 4.79 Å². The summed E-state index contributed by atoms with van der Waals surface area (Å²) in [7, 11) is 3.21. The Labute approximate surface area is 249 Å². The van der Waals surface area contributed by atoms with Crippen molar-refractivity contribution in [1.82, 2.24) is 4.57 Å². The van der Waals surface area contributed by atoms with Gasteiger partial charge in [0.2, 0.25) is 5.43 Å². The van der Waals surface area contributed by atoms with E-state index in [1.54, 1.807) is 31.5 Å². The Hall–Kier alpha value is -4.83. The van der Waals surface area contributed by atoms with Crippen LogP contribution in [0.2, 0.25) is 0 Å². The quantitative estimate of drug-likeness (QED) is 0.140. The third-order valence-corrected chi connectivity index (χ3v) is 8.03. The Bertz CT molecular complexity index is 2060. The molecule has 5 aromatic rings. The average molecular weight is 604 g/mol. The number of methoxy groups -OCH3 is 1. The second kappa shape index (κ2) is 10.4. The Morgan fingerprint density at radius 3 is 2.43 bits per heavy atom. The van der Waals surface area contributed by atoms with Crippen molar-refractivity contribution in [1.29, 1.82) is 0 Å². The number of esters is 1. The second-order valence-electron chi connectivity index (χ2n) is 11.3. The lowest BCUT2D eigenvalue weighted by Gasteiger charge is -2.42. The number of fused-ring (bicyclic) bond motifs is 5. The number of carbonyl (C=O) groups is 1. The minimum atomic E-state index is -4.53. The van der Waals surface area contributed by atoms with Crippen molar-refractivity contribution >= 4 is 44.6 Å². The molecule has 0 unspecified atom stereocenters. The lowest BCUT2D eigenvalue weighted by Crippen LogP contribution is -2.51. The summed E-state index contributed by atoms with van der Waals surface area (Å²) < 4.78 is 58.7. The fourth-order valence-corrected chi connectivity index (χ4v) is 5.91. The molecule has 4 aromatic carbocycles. The number of hydrogen-bond acceptors (Lipinski definition) is 6. The van der Waals surface area contributed by atoms with Crippen molar-refractivity contribution in [3.05, 3.63) is 99.7 Å². The Morgan fingerprint density at radius 1 is 1.05 bits per heavy atom. The summed E-state index contributed by atoms with van der Waals surface area (Å²) in [6.45, 7) is 3.27. The molecule has 0 radical (unpaired) electrons. The zero-order chi connectivity index (χ0) is 31.6. The van der Waals surface area contributed by atoms with E-state index in [1.807, 2.05) is 36.4 Å². The van der Waals surface area contributed by atoms with E-state index in [1.165, 1.54) is 25.3 Å². The Balaban J connectivity index is 1.45. The molecule has 0 aliphatic carbocycles. The number of aromatic nitrogens is 1. The van der Waals surface area contributed by atoms with E-state index >= 15 is 0 Å². The average Bonchev–Trinajstić information content (AvgIpc) is 2.98. The van der Waals surface area contributed by atoms with Crippen LogP contribution in [0.5, 0.6) is 11.5 Å². The molecule has 1 aliphatic heterocycles. The van der Waals surface area contributed by atoms with Gasteiger partial charge in [0.05, 0.1) is 34.7 Å². The number of ether oxygens (including phenoxy) is 3. The highest BCUT2D eigenvalue weighted by molar-refractivity contribution is 6.04. The van der Waals surface area contributed by atoms with Gasteiger partial charge in [-0.15, -0.1) is 0 Å². The lowest BCUT2D eigenvalue weighted by atomic mass is 9.86. The number of nitrogens with zero attached hydrogens (tertiary/aromatic N) is 1. The maximum absolute atomic E-state index is 14.0. The summed E-state index contributed by atoms with van der Waals surface area (Å²) in [5, 5.41) is 14.3. The second-order valence-corrected chi connectivity index (χ2v) is 11.3. The number of benzene rings is 4. The summed E-state index contributed by atoms with van der Waals surface area (Å²) in [6.07, 6.45) is -5.01. The van der Waals surface area contributed by atoms with Crippen molar-refractivity contribution in [3.63, 3.8) is 0 Å². The van der Waals surface area contributed by atoms with Crippen LogP contribution in [-0.2, 0) is 22.8 Å². The fraction of sp³-hybridized carbons (Fsp3) is 0.235. The molecule has 0 bridgehead atoms. The molecule has 1 aromatic heterocycles. The van der Waals surface area contributed by atoms with Crippen molar-refractivity contribution in [2.24, 2.45) is 7.05 Å². The minimum Gasteiger partial charge on any atom is -0.496 e. The predicted molar refractivity (Wildman–Crippen MR) is 161 cm³/mol. The first-order chi connectivity index (χ1) is 20.8. The van der Waals surface area contributed by atoms with E-state index in [0.717, 1.165) is 29.0 Å². The zero-order valence-electron chi connectivity index (χ0n) is 24.2. The molecule has 0 saturated heterocycles. The van der Waals surface area contributed by atoms with Crippen molar-refractivity contribution in [2.45, 2.75) is 37.8 Å². The van der Waals surface area contributed by atoms with E-state index < -0.39 is 35.5 Å². The molecule has 226 valence electrons. The third kappa shape index (κ3) is 4.85. The molecule has 1 N–H and O–H groups in total. The standard InChI is InChI=1S/C34H28F3NO6/c1-33(2)32(43-26(39)13-12-18-8-7-11-21(14-18)34(35,36)37)31(41)28-25(44-33)17-24(42-4)27-29(28)38(3)23-16-20-10-6-5-9-19(20)15-22(23)30(27)40/h5-17,31-32,41H,1-4H3/t31-,32-/m1/s1. The van der Waals surface area contributed by atoms with Crippen molar-refractivity contribution in [3.8, 4) is 11.5 Å². The Morgan fingerprint density at radius 2 is 1.75 bits per heavy atom. The number of aliphatic hydroxyl groups excluding tert-OH is 1. The molecule has 1 aliphatic rings. The smallest absolute Gasteiger partial charge is 0.416 e. The van der Waals surface area contributed by atoms with E-state index in [0.29, 0.717) is 16.4 Å². The maximum Gasteiger partial charge on any atom is 0.416 e. The van der Waals surface area contributed by atoms with Crippen LogP contribution in [-0.4, -0.2) is 34.5 Å². The summed E-state index contributed by atoms with van der Waals surface area (Å²) in [4.78, 5) is 26.9. The van der Waals surface area contributed by atoms with Gasteiger partial charge in [0, 0.05) is 24.6 Å². The van der Waals surface area contributed by atoms with Gasteiger partial charge in [0.1, 0.15) is 23.2 Å². The largest absolute Gasteiger partial charge is 0.496 e. The summed E-state index contributed by atoms with van der Waals surface area (Å²) in [6, 6.07) is 17.4. The van der Waals surface area contributed by atoms with Crippen molar-refractivity contribution in [2.75, 3.05) is 7.11 Å². The lowest BCUT2D eigenvalue weighted by molar-refractivity contribution is -0.171. The SMILES string of the molecule is COc1cc2c(c3c1c(=O)c1cc4ccccc4cc1n3C)[C@@H](O)[C@@H](OC(=O)C=Cc1cccc(C(F)(F)F)c1)C(C)(C)O2. The maximum atomic E-state index is 14.0. The van der Waals surface area contributed by atoms with Gasteiger partial charge in [-0.05, 0) is 60.5 Å². The van der Waals surface area contributed by atoms with Gasteiger partial charge in [-0.25, -0.2) is 4.79 Å². The first kappa shape index (κ1) is 29.3. The molecule has 6 rings (SSSR count). The summed E-state index contributed by atoms with van der Waals surface area (Å²) in [5.74, 6) is -0.374. The number of rotatable bonds is 4. The molecule has 10 heteroatoms. The van der Waals surface area contributed by atoms with Crippen LogP contribution in [0.3, 0.4) is 0 Å². The topological polar surface area (TPSA) is 87.0 Å². The first-order valence-electron chi connectivity index (χ1n) is 13.8.